The number of fused-ring (bicyclic) bond motifs is 15. The van der Waals surface area contributed by atoms with Crippen molar-refractivity contribution in [3.8, 4) is 55.6 Å². The zero-order valence-corrected chi connectivity index (χ0v) is 42.8. The van der Waals surface area contributed by atoms with Gasteiger partial charge in [0, 0.05) is 33.3 Å². The highest BCUT2D eigenvalue weighted by Gasteiger charge is 2.39. The summed E-state index contributed by atoms with van der Waals surface area (Å²) in [5.41, 5.74) is 24.5. The molecule has 0 unspecified atom stereocenters. The molecule has 0 aromatic heterocycles. The van der Waals surface area contributed by atoms with E-state index in [9.17, 15) is 0 Å². The summed E-state index contributed by atoms with van der Waals surface area (Å²) >= 11 is 0. The molecule has 0 radical (unpaired) electrons. The lowest BCUT2D eigenvalue weighted by Crippen LogP contribution is -2.18. The van der Waals surface area contributed by atoms with E-state index in [0.29, 0.717) is 0 Å². The molecule has 3 aliphatic carbocycles. The van der Waals surface area contributed by atoms with Crippen LogP contribution in [0.15, 0.2) is 224 Å². The average Bonchev–Trinajstić information content (AvgIpc) is 3.91. The molecule has 12 aromatic rings. The van der Waals surface area contributed by atoms with Crippen LogP contribution < -0.4 is 4.90 Å². The van der Waals surface area contributed by atoms with Crippen molar-refractivity contribution in [3.63, 3.8) is 0 Å². The fourth-order valence-electron chi connectivity index (χ4n) is 14.0. The van der Waals surface area contributed by atoms with Gasteiger partial charge >= 0.3 is 0 Å². The first-order chi connectivity index (χ1) is 35.9. The minimum absolute atomic E-state index is 0.0316. The molecule has 352 valence electrons. The van der Waals surface area contributed by atoms with E-state index >= 15 is 0 Å². The standard InChI is InChI=1S/C73H55N/c1-71(2)67-26-16-13-23-57(67)64-39-47(30-36-68(64)71)61-43-63-53-19-9-7-17-51(53)60(42-62(63)54-20-10-8-18-52(54)61)46-28-27-45-38-48(31-29-44(45)37-46)74(49-32-34-58-55-21-11-14-24-65(55)72(3,4)69(58)40-49)50-33-35-59-56-22-12-15-25-66(56)73(5,6)70(59)41-50/h7-43H,1-6H3. The van der Waals surface area contributed by atoms with Crippen molar-refractivity contribution in [1.82, 2.24) is 0 Å². The third-order valence-electron chi connectivity index (χ3n) is 17.8. The molecule has 15 rings (SSSR count). The molecule has 0 saturated heterocycles. The van der Waals surface area contributed by atoms with E-state index in [-0.39, 0.29) is 16.2 Å². The van der Waals surface area contributed by atoms with Crippen LogP contribution in [0.2, 0.25) is 0 Å². The quantitative estimate of drug-likeness (QED) is 0.155. The van der Waals surface area contributed by atoms with Crippen molar-refractivity contribution in [1.29, 1.82) is 0 Å². The van der Waals surface area contributed by atoms with Crippen LogP contribution in [0.1, 0.15) is 74.9 Å². The molecule has 0 bridgehead atoms. The fraction of sp³-hybridized carbons (Fsp3) is 0.123. The van der Waals surface area contributed by atoms with Crippen molar-refractivity contribution in [2.45, 2.75) is 57.8 Å². The summed E-state index contributed by atoms with van der Waals surface area (Å²) in [5, 5.41) is 10.1. The topological polar surface area (TPSA) is 3.24 Å². The Morgan fingerprint density at radius 2 is 0.595 bits per heavy atom. The largest absolute Gasteiger partial charge is 0.310 e. The van der Waals surface area contributed by atoms with Crippen LogP contribution in [-0.2, 0) is 16.2 Å². The molecule has 0 N–H and O–H groups in total. The van der Waals surface area contributed by atoms with Gasteiger partial charge < -0.3 is 4.90 Å². The molecule has 1 nitrogen and oxygen atoms in total. The average molecular weight is 946 g/mol. The molecule has 0 aliphatic heterocycles. The second-order valence-electron chi connectivity index (χ2n) is 22.8. The molecule has 0 atom stereocenters. The molecule has 0 spiro atoms. The molecular weight excluding hydrogens is 891 g/mol. The van der Waals surface area contributed by atoms with Gasteiger partial charge in [-0.25, -0.2) is 0 Å². The normalized spacial score (nSPS) is 14.9. The lowest BCUT2D eigenvalue weighted by atomic mass is 9.82. The molecule has 0 saturated carbocycles. The van der Waals surface area contributed by atoms with Crippen LogP contribution in [-0.4, -0.2) is 0 Å². The van der Waals surface area contributed by atoms with Crippen molar-refractivity contribution < 1.29 is 0 Å². The van der Waals surface area contributed by atoms with Gasteiger partial charge in [-0.2, -0.15) is 0 Å². The number of hydrogen-bond donors (Lipinski definition) is 0. The molecule has 1 heteroatoms. The summed E-state index contributed by atoms with van der Waals surface area (Å²) in [6.45, 7) is 14.2. The maximum atomic E-state index is 2.49. The molecule has 12 aromatic carbocycles. The highest BCUT2D eigenvalue weighted by Crippen LogP contribution is 2.55. The molecule has 3 aliphatic rings. The van der Waals surface area contributed by atoms with Gasteiger partial charge in [0.15, 0.2) is 0 Å². The lowest BCUT2D eigenvalue weighted by molar-refractivity contribution is 0.660. The Hall–Kier alpha value is -8.52. The number of anilines is 3. The fourth-order valence-corrected chi connectivity index (χ4v) is 14.0. The van der Waals surface area contributed by atoms with E-state index in [1.165, 1.54) is 132 Å². The first-order valence-corrected chi connectivity index (χ1v) is 26.4. The minimum atomic E-state index is -0.121. The van der Waals surface area contributed by atoms with Gasteiger partial charge in [-0.05, 0) is 193 Å². The molecule has 74 heavy (non-hydrogen) atoms. The lowest BCUT2D eigenvalue weighted by Gasteiger charge is -2.30. The predicted octanol–water partition coefficient (Wildman–Crippen LogP) is 20.0. The van der Waals surface area contributed by atoms with Crippen LogP contribution in [0, 0.1) is 0 Å². The van der Waals surface area contributed by atoms with Crippen molar-refractivity contribution >= 4 is 60.2 Å². The monoisotopic (exact) mass is 945 g/mol. The Bertz CT molecular complexity index is 4300. The van der Waals surface area contributed by atoms with Crippen LogP contribution in [0.25, 0.3) is 98.7 Å². The van der Waals surface area contributed by atoms with Gasteiger partial charge in [-0.1, -0.05) is 205 Å². The van der Waals surface area contributed by atoms with Gasteiger partial charge in [0.1, 0.15) is 0 Å². The van der Waals surface area contributed by atoms with Crippen LogP contribution in [0.5, 0.6) is 0 Å². The Balaban J connectivity index is 0.865. The number of rotatable bonds is 5. The predicted molar refractivity (Wildman–Crippen MR) is 315 cm³/mol. The summed E-state index contributed by atoms with van der Waals surface area (Å²) in [5.74, 6) is 0. The van der Waals surface area contributed by atoms with Gasteiger partial charge in [-0.15, -0.1) is 0 Å². The summed E-state index contributed by atoms with van der Waals surface area (Å²) in [6, 6.07) is 85.4. The van der Waals surface area contributed by atoms with Crippen molar-refractivity contribution in [2.75, 3.05) is 4.90 Å². The van der Waals surface area contributed by atoms with E-state index < -0.39 is 0 Å². The highest BCUT2D eigenvalue weighted by molar-refractivity contribution is 6.24. The molecule has 0 fully saturated rings. The molecule has 0 amide bonds. The zero-order chi connectivity index (χ0) is 49.8. The molecule has 0 heterocycles. The number of nitrogens with zero attached hydrogens (tertiary/aromatic N) is 1. The smallest absolute Gasteiger partial charge is 0.0468 e. The Kier molecular flexibility index (Phi) is 8.89. The van der Waals surface area contributed by atoms with E-state index in [1.54, 1.807) is 0 Å². The van der Waals surface area contributed by atoms with Crippen LogP contribution in [0.4, 0.5) is 17.1 Å². The Morgan fingerprint density at radius 1 is 0.230 bits per heavy atom. The SMILES string of the molecule is CC1(C)c2ccccc2-c2cc(-c3cc4c5ccccc5c(-c5ccc6cc(N(c7ccc8c(c7)C(C)(C)c7ccccc7-8)c7ccc8c(c7)C(C)(C)c7ccccc7-8)ccc6c5)cc4c4ccccc34)ccc21. The summed E-state index contributed by atoms with van der Waals surface area (Å²) in [7, 11) is 0. The summed E-state index contributed by atoms with van der Waals surface area (Å²) in [6.07, 6.45) is 0. The second kappa shape index (κ2) is 15.3. The second-order valence-corrected chi connectivity index (χ2v) is 22.8. The maximum absolute atomic E-state index is 2.49. The number of benzene rings is 12. The van der Waals surface area contributed by atoms with Gasteiger partial charge in [0.05, 0.1) is 0 Å². The summed E-state index contributed by atoms with van der Waals surface area (Å²) in [4.78, 5) is 2.49. The first kappa shape index (κ1) is 43.1. The summed E-state index contributed by atoms with van der Waals surface area (Å²) < 4.78 is 0. The van der Waals surface area contributed by atoms with Gasteiger partial charge in [-0.3, -0.25) is 0 Å². The van der Waals surface area contributed by atoms with Gasteiger partial charge in [0.2, 0.25) is 0 Å². The van der Waals surface area contributed by atoms with Crippen molar-refractivity contribution in [3.05, 3.63) is 258 Å². The van der Waals surface area contributed by atoms with Crippen LogP contribution >= 0.6 is 0 Å². The Labute approximate surface area is 434 Å². The van der Waals surface area contributed by atoms with E-state index in [4.69, 9.17) is 0 Å². The third kappa shape index (κ3) is 5.99. The van der Waals surface area contributed by atoms with Crippen LogP contribution in [0.3, 0.4) is 0 Å². The first-order valence-electron chi connectivity index (χ1n) is 26.4. The number of hydrogen-bond acceptors (Lipinski definition) is 1. The minimum Gasteiger partial charge on any atom is -0.310 e. The highest BCUT2D eigenvalue weighted by atomic mass is 15.1. The van der Waals surface area contributed by atoms with Crippen molar-refractivity contribution in [2.24, 2.45) is 0 Å². The van der Waals surface area contributed by atoms with E-state index in [1.807, 2.05) is 0 Å². The third-order valence-corrected chi connectivity index (χ3v) is 17.8. The zero-order valence-electron chi connectivity index (χ0n) is 42.8. The van der Waals surface area contributed by atoms with Gasteiger partial charge in [0.25, 0.3) is 0 Å². The van der Waals surface area contributed by atoms with E-state index in [0.717, 1.165) is 17.1 Å². The Morgan fingerprint density at radius 3 is 1.14 bits per heavy atom. The van der Waals surface area contributed by atoms with E-state index in [2.05, 4.69) is 271 Å². The molecular formula is C73H55N. The maximum Gasteiger partial charge on any atom is 0.0468 e.